The number of halogens is 6. The Balaban J connectivity index is 2.98. The van der Waals surface area contributed by atoms with Crippen LogP contribution in [0.5, 0.6) is 5.75 Å². The Bertz CT molecular complexity index is 1250. The Morgan fingerprint density at radius 1 is 1.05 bits per heavy atom. The standard InChI is InChI=1S/C20H25F6NO8S2/c1-6-33-17(28)16(34-18(3,4)5)14-11(2)10-13-12(15(14)35-37(31,32)20(24,25)26)8-7-9-27(13)36(29,30)19(21,22)23/h10,16H,6-9H2,1-5H3. The summed E-state index contributed by atoms with van der Waals surface area (Å²) in [4.78, 5) is 12.8. The number of carbonyl (C=O) groups is 1. The number of hydrogen-bond donors (Lipinski definition) is 0. The lowest BCUT2D eigenvalue weighted by molar-refractivity contribution is -0.167. The van der Waals surface area contributed by atoms with Crippen LogP contribution in [-0.4, -0.2) is 52.6 Å². The van der Waals surface area contributed by atoms with Crippen molar-refractivity contribution in [2.75, 3.05) is 17.5 Å². The zero-order chi connectivity index (χ0) is 28.8. The third-order valence-electron chi connectivity index (χ3n) is 4.96. The molecule has 0 fully saturated rings. The minimum atomic E-state index is -6.42. The van der Waals surface area contributed by atoms with E-state index in [4.69, 9.17) is 9.47 Å². The monoisotopic (exact) mass is 585 g/mol. The van der Waals surface area contributed by atoms with Crippen molar-refractivity contribution >= 4 is 31.8 Å². The van der Waals surface area contributed by atoms with Gasteiger partial charge in [0.05, 0.1) is 17.9 Å². The summed E-state index contributed by atoms with van der Waals surface area (Å²) in [7, 11) is -12.4. The average Bonchev–Trinajstić information content (AvgIpc) is 2.69. The maximum Gasteiger partial charge on any atom is 0.534 e. The molecule has 1 atom stereocenters. The maximum absolute atomic E-state index is 13.3. The van der Waals surface area contributed by atoms with Crippen LogP contribution in [0.3, 0.4) is 0 Å². The van der Waals surface area contributed by atoms with E-state index in [2.05, 4.69) is 4.18 Å². The predicted octanol–water partition coefficient (Wildman–Crippen LogP) is 4.24. The number of carbonyl (C=O) groups excluding carboxylic acids is 1. The molecule has 0 saturated carbocycles. The summed E-state index contributed by atoms with van der Waals surface area (Å²) in [5, 5.41) is 0. The quantitative estimate of drug-likeness (QED) is 0.202. The Morgan fingerprint density at radius 2 is 1.62 bits per heavy atom. The van der Waals surface area contributed by atoms with Crippen molar-refractivity contribution in [3.05, 3.63) is 22.8 Å². The number of benzene rings is 1. The molecule has 0 amide bonds. The molecule has 1 aliphatic heterocycles. The van der Waals surface area contributed by atoms with Crippen molar-refractivity contribution in [1.29, 1.82) is 0 Å². The van der Waals surface area contributed by atoms with Gasteiger partial charge in [-0.3, -0.25) is 4.31 Å². The highest BCUT2D eigenvalue weighted by Crippen LogP contribution is 2.47. The summed E-state index contributed by atoms with van der Waals surface area (Å²) in [5.41, 5.74) is -15.1. The average molecular weight is 586 g/mol. The number of nitrogens with zero attached hydrogens (tertiary/aromatic N) is 1. The molecule has 2 rings (SSSR count). The maximum atomic E-state index is 13.3. The number of alkyl halides is 6. The van der Waals surface area contributed by atoms with E-state index in [1.54, 1.807) is 0 Å². The van der Waals surface area contributed by atoms with Gasteiger partial charge in [-0.2, -0.15) is 43.2 Å². The molecule has 1 unspecified atom stereocenters. The molecule has 0 bridgehead atoms. The highest BCUT2D eigenvalue weighted by atomic mass is 32.2. The van der Waals surface area contributed by atoms with E-state index < -0.39 is 77.9 Å². The molecule has 1 aliphatic rings. The van der Waals surface area contributed by atoms with Gasteiger partial charge < -0.3 is 13.7 Å². The molecule has 1 heterocycles. The SMILES string of the molecule is CCOC(=O)C(OC(C)(C)C)c1c(C)cc2c(c1OS(=O)(=O)C(F)(F)F)CCCN2S(=O)(=O)C(F)(F)F. The summed E-state index contributed by atoms with van der Waals surface area (Å²) in [6.07, 6.45) is -2.59. The van der Waals surface area contributed by atoms with Gasteiger partial charge in [0, 0.05) is 17.7 Å². The number of anilines is 1. The van der Waals surface area contributed by atoms with Crippen LogP contribution in [0.25, 0.3) is 0 Å². The number of ether oxygens (including phenoxy) is 2. The summed E-state index contributed by atoms with van der Waals surface area (Å²) in [6, 6.07) is 0.887. The van der Waals surface area contributed by atoms with Crippen molar-refractivity contribution in [2.24, 2.45) is 0 Å². The van der Waals surface area contributed by atoms with Gasteiger partial charge in [-0.15, -0.1) is 0 Å². The van der Waals surface area contributed by atoms with Gasteiger partial charge in [0.2, 0.25) is 0 Å². The van der Waals surface area contributed by atoms with Crippen LogP contribution in [0, 0.1) is 6.92 Å². The van der Waals surface area contributed by atoms with Crippen LogP contribution >= 0.6 is 0 Å². The summed E-state index contributed by atoms with van der Waals surface area (Å²) in [5.74, 6) is -2.30. The number of aryl methyl sites for hydroxylation is 1. The van der Waals surface area contributed by atoms with E-state index in [1.165, 1.54) is 27.7 Å². The van der Waals surface area contributed by atoms with E-state index in [-0.39, 0.29) is 29.3 Å². The predicted molar refractivity (Wildman–Crippen MR) is 118 cm³/mol. The molecule has 37 heavy (non-hydrogen) atoms. The van der Waals surface area contributed by atoms with Crippen molar-refractivity contribution in [2.45, 2.75) is 70.2 Å². The van der Waals surface area contributed by atoms with E-state index in [0.717, 1.165) is 13.0 Å². The minimum Gasteiger partial charge on any atom is -0.464 e. The van der Waals surface area contributed by atoms with Gasteiger partial charge in [0.15, 0.2) is 11.9 Å². The Morgan fingerprint density at radius 3 is 2.08 bits per heavy atom. The summed E-state index contributed by atoms with van der Waals surface area (Å²) >= 11 is 0. The summed E-state index contributed by atoms with van der Waals surface area (Å²) in [6.45, 7) is 6.04. The van der Waals surface area contributed by atoms with Crippen molar-refractivity contribution < 1.29 is 61.6 Å². The molecule has 0 aromatic heterocycles. The Labute approximate surface area is 209 Å². The van der Waals surface area contributed by atoms with Crippen LogP contribution in [0.4, 0.5) is 32.0 Å². The number of hydrogen-bond acceptors (Lipinski definition) is 8. The van der Waals surface area contributed by atoms with E-state index in [9.17, 15) is 48.0 Å². The second kappa shape index (κ2) is 10.1. The Kier molecular flexibility index (Phi) is 8.47. The molecule has 0 aliphatic carbocycles. The first-order valence-corrected chi connectivity index (χ1v) is 13.5. The number of rotatable bonds is 7. The topological polar surface area (TPSA) is 116 Å². The molecule has 0 spiro atoms. The number of sulfonamides is 1. The van der Waals surface area contributed by atoms with Gasteiger partial charge in [-0.25, -0.2) is 4.79 Å². The first-order valence-electron chi connectivity index (χ1n) is 10.7. The highest BCUT2D eigenvalue weighted by Gasteiger charge is 2.53. The second-order valence-electron chi connectivity index (χ2n) is 8.91. The molecule has 1 aromatic rings. The second-order valence-corrected chi connectivity index (χ2v) is 12.3. The van der Waals surface area contributed by atoms with Gasteiger partial charge >= 0.3 is 37.1 Å². The first-order chi connectivity index (χ1) is 16.5. The van der Waals surface area contributed by atoms with Gasteiger partial charge in [-0.05, 0) is 59.1 Å². The molecule has 0 N–H and O–H groups in total. The van der Waals surface area contributed by atoms with Gasteiger partial charge in [-0.1, -0.05) is 0 Å². The molecule has 0 radical (unpaired) electrons. The first kappa shape index (κ1) is 31.0. The van der Waals surface area contributed by atoms with Crippen molar-refractivity contribution in [3.63, 3.8) is 0 Å². The zero-order valence-corrected chi connectivity index (χ0v) is 21.9. The van der Waals surface area contributed by atoms with Crippen molar-refractivity contribution in [1.82, 2.24) is 0 Å². The van der Waals surface area contributed by atoms with Gasteiger partial charge in [0.1, 0.15) is 0 Å². The minimum absolute atomic E-state index is 0.0837. The fourth-order valence-corrected chi connectivity index (χ4v) is 5.11. The van der Waals surface area contributed by atoms with Crippen LogP contribution in [0.2, 0.25) is 0 Å². The highest BCUT2D eigenvalue weighted by molar-refractivity contribution is 7.93. The normalized spacial score (nSPS) is 16.2. The molecule has 0 saturated heterocycles. The van der Waals surface area contributed by atoms with E-state index in [1.807, 2.05) is 0 Å². The third kappa shape index (κ3) is 6.42. The van der Waals surface area contributed by atoms with Crippen molar-refractivity contribution in [3.8, 4) is 5.75 Å². The van der Waals surface area contributed by atoms with Crippen LogP contribution in [0.1, 0.15) is 56.9 Å². The lowest BCUT2D eigenvalue weighted by Crippen LogP contribution is -2.44. The zero-order valence-electron chi connectivity index (χ0n) is 20.3. The van der Waals surface area contributed by atoms with Crippen LogP contribution < -0.4 is 8.49 Å². The lowest BCUT2D eigenvalue weighted by atomic mass is 9.92. The molecule has 9 nitrogen and oxygen atoms in total. The Hall–Kier alpha value is -2.27. The number of esters is 1. The number of fused-ring (bicyclic) bond motifs is 1. The van der Waals surface area contributed by atoms with E-state index >= 15 is 0 Å². The fraction of sp³-hybridized carbons (Fsp3) is 0.650. The molecular formula is C20H25F6NO8S2. The molecule has 1 aromatic carbocycles. The molecule has 212 valence electrons. The largest absolute Gasteiger partial charge is 0.534 e. The lowest BCUT2D eigenvalue weighted by Gasteiger charge is -2.35. The molecular weight excluding hydrogens is 560 g/mol. The summed E-state index contributed by atoms with van der Waals surface area (Å²) < 4.78 is 143. The smallest absolute Gasteiger partial charge is 0.464 e. The third-order valence-corrected chi connectivity index (χ3v) is 7.45. The van der Waals surface area contributed by atoms with Gasteiger partial charge in [0.25, 0.3) is 0 Å². The van der Waals surface area contributed by atoms with E-state index in [0.29, 0.717) is 0 Å². The van der Waals surface area contributed by atoms with Crippen LogP contribution in [0.15, 0.2) is 6.07 Å². The fourth-order valence-electron chi connectivity index (χ4n) is 3.56. The molecule has 17 heteroatoms. The van der Waals surface area contributed by atoms with Crippen LogP contribution in [-0.2, 0) is 40.8 Å².